The number of amides is 1. The highest BCUT2D eigenvalue weighted by Crippen LogP contribution is 2.57. The van der Waals surface area contributed by atoms with Crippen LogP contribution >= 0.6 is 24.0 Å². The molecule has 0 atom stereocenters. The second-order valence-electron chi connectivity index (χ2n) is 7.79. The van der Waals surface area contributed by atoms with Crippen LogP contribution in [0.25, 0.3) is 0 Å². The third-order valence-electron chi connectivity index (χ3n) is 6.05. The topological polar surface area (TPSA) is 66.0 Å². The number of hydrogen-bond acceptors (Lipinski definition) is 3. The van der Waals surface area contributed by atoms with Gasteiger partial charge in [-0.2, -0.15) is 0 Å². The number of rotatable bonds is 6. The molecule has 1 amide bonds. The number of carbonyl (C=O) groups is 1. The van der Waals surface area contributed by atoms with E-state index in [9.17, 15) is 4.79 Å². The maximum Gasteiger partial charge on any atom is 0.409 e. The first-order chi connectivity index (χ1) is 12.2. The minimum atomic E-state index is -0.183. The smallest absolute Gasteiger partial charge is 0.409 e. The Labute approximate surface area is 174 Å². The highest BCUT2D eigenvalue weighted by molar-refractivity contribution is 14.0. The monoisotopic (exact) mass is 478 g/mol. The van der Waals surface area contributed by atoms with E-state index in [1.165, 1.54) is 32.1 Å². The van der Waals surface area contributed by atoms with Crippen LogP contribution < -0.4 is 10.6 Å². The lowest BCUT2D eigenvalue weighted by Crippen LogP contribution is -2.50. The SMILES string of the molecule is CCNC(=NCC1(C2CC2)CCC1)NC1CCN(C(=O)OCC)CC1.I. The molecule has 3 rings (SSSR count). The second-order valence-corrected chi connectivity index (χ2v) is 7.79. The number of likely N-dealkylation sites (tertiary alicyclic amines) is 1. The zero-order valence-corrected chi connectivity index (χ0v) is 18.6. The Morgan fingerprint density at radius 2 is 1.88 bits per heavy atom. The minimum absolute atomic E-state index is 0. The zero-order valence-electron chi connectivity index (χ0n) is 16.3. The van der Waals surface area contributed by atoms with Crippen molar-refractivity contribution in [1.29, 1.82) is 0 Å². The standard InChI is InChI=1S/C19H34N4O2.HI/c1-3-20-17(21-14-19(10-5-11-19)15-6-7-15)22-16-8-12-23(13-9-16)18(24)25-4-2;/h15-16H,3-14H2,1-2H3,(H2,20,21,22);1H. The molecule has 2 aliphatic carbocycles. The molecule has 0 aromatic rings. The van der Waals surface area contributed by atoms with E-state index in [0.717, 1.165) is 50.9 Å². The summed E-state index contributed by atoms with van der Waals surface area (Å²) in [4.78, 5) is 18.5. The van der Waals surface area contributed by atoms with Crippen molar-refractivity contribution in [3.8, 4) is 0 Å². The molecule has 0 spiro atoms. The van der Waals surface area contributed by atoms with Gasteiger partial charge in [-0.1, -0.05) is 6.42 Å². The van der Waals surface area contributed by atoms with Crippen molar-refractivity contribution in [2.75, 3.05) is 32.8 Å². The summed E-state index contributed by atoms with van der Waals surface area (Å²) >= 11 is 0. The van der Waals surface area contributed by atoms with E-state index in [1.807, 2.05) is 11.8 Å². The summed E-state index contributed by atoms with van der Waals surface area (Å²) in [5.41, 5.74) is 0.510. The van der Waals surface area contributed by atoms with E-state index in [4.69, 9.17) is 9.73 Å². The van der Waals surface area contributed by atoms with Crippen LogP contribution in [0.2, 0.25) is 0 Å². The first kappa shape index (κ1) is 21.6. The quantitative estimate of drug-likeness (QED) is 0.349. The van der Waals surface area contributed by atoms with Crippen molar-refractivity contribution in [3.63, 3.8) is 0 Å². The molecule has 7 heteroatoms. The van der Waals surface area contributed by atoms with Gasteiger partial charge >= 0.3 is 6.09 Å². The van der Waals surface area contributed by atoms with Crippen molar-refractivity contribution in [3.05, 3.63) is 0 Å². The molecule has 0 aromatic carbocycles. The van der Waals surface area contributed by atoms with Gasteiger partial charge in [0.05, 0.1) is 6.61 Å². The molecule has 0 bridgehead atoms. The van der Waals surface area contributed by atoms with Gasteiger partial charge in [-0.3, -0.25) is 4.99 Å². The zero-order chi connectivity index (χ0) is 17.7. The van der Waals surface area contributed by atoms with Gasteiger partial charge in [0, 0.05) is 32.2 Å². The first-order valence-corrected chi connectivity index (χ1v) is 10.1. The predicted octanol–water partition coefficient (Wildman–Crippen LogP) is 3.36. The van der Waals surface area contributed by atoms with Crippen LogP contribution in [0.3, 0.4) is 0 Å². The number of ether oxygens (including phenoxy) is 1. The third kappa shape index (κ3) is 5.39. The first-order valence-electron chi connectivity index (χ1n) is 10.1. The number of carbonyl (C=O) groups excluding carboxylic acids is 1. The van der Waals surface area contributed by atoms with Crippen LogP contribution in [-0.4, -0.2) is 55.8 Å². The lowest BCUT2D eigenvalue weighted by molar-refractivity contribution is 0.0962. The van der Waals surface area contributed by atoms with E-state index in [-0.39, 0.29) is 30.1 Å². The molecule has 1 saturated heterocycles. The summed E-state index contributed by atoms with van der Waals surface area (Å²) in [5, 5.41) is 6.99. The van der Waals surface area contributed by atoms with Crippen molar-refractivity contribution < 1.29 is 9.53 Å². The van der Waals surface area contributed by atoms with Crippen LogP contribution in [0.15, 0.2) is 4.99 Å². The van der Waals surface area contributed by atoms with Gasteiger partial charge in [0.2, 0.25) is 0 Å². The fourth-order valence-electron chi connectivity index (χ4n) is 4.19. The number of hydrogen-bond donors (Lipinski definition) is 2. The largest absolute Gasteiger partial charge is 0.450 e. The lowest BCUT2D eigenvalue weighted by atomic mass is 9.65. The molecule has 3 aliphatic rings. The molecule has 1 aliphatic heterocycles. The minimum Gasteiger partial charge on any atom is -0.450 e. The Bertz CT molecular complexity index is 484. The number of halogens is 1. The Morgan fingerprint density at radius 1 is 1.19 bits per heavy atom. The fourth-order valence-corrected chi connectivity index (χ4v) is 4.19. The van der Waals surface area contributed by atoms with E-state index in [2.05, 4.69) is 17.6 Å². The molecular formula is C19H35IN4O2. The lowest BCUT2D eigenvalue weighted by Gasteiger charge is -2.41. The van der Waals surface area contributed by atoms with Crippen molar-refractivity contribution in [2.24, 2.45) is 16.3 Å². The fraction of sp³-hybridized carbons (Fsp3) is 0.895. The summed E-state index contributed by atoms with van der Waals surface area (Å²) in [6.07, 6.45) is 8.61. The van der Waals surface area contributed by atoms with Crippen LogP contribution in [0.1, 0.15) is 58.8 Å². The molecule has 150 valence electrons. The Kier molecular flexibility index (Phi) is 8.29. The molecule has 2 saturated carbocycles. The molecular weight excluding hydrogens is 443 g/mol. The average molecular weight is 478 g/mol. The van der Waals surface area contributed by atoms with E-state index in [0.29, 0.717) is 18.1 Å². The number of piperidine rings is 1. The number of guanidine groups is 1. The summed E-state index contributed by atoms with van der Waals surface area (Å²) < 4.78 is 5.09. The van der Waals surface area contributed by atoms with E-state index < -0.39 is 0 Å². The molecule has 6 nitrogen and oxygen atoms in total. The Hall–Kier alpha value is -0.730. The summed E-state index contributed by atoms with van der Waals surface area (Å²) in [5.74, 6) is 1.88. The van der Waals surface area contributed by atoms with E-state index in [1.54, 1.807) is 0 Å². The molecule has 0 unspecified atom stereocenters. The van der Waals surface area contributed by atoms with E-state index >= 15 is 0 Å². The number of nitrogens with one attached hydrogen (secondary N) is 2. The predicted molar refractivity (Wildman–Crippen MR) is 115 cm³/mol. The van der Waals surface area contributed by atoms with Gasteiger partial charge in [0.15, 0.2) is 5.96 Å². The Morgan fingerprint density at radius 3 is 2.38 bits per heavy atom. The molecule has 0 radical (unpaired) electrons. The van der Waals surface area contributed by atoms with Crippen LogP contribution in [0, 0.1) is 11.3 Å². The molecule has 0 aromatic heterocycles. The average Bonchev–Trinajstić information content (AvgIpc) is 3.40. The highest BCUT2D eigenvalue weighted by Gasteiger charge is 2.48. The second kappa shape index (κ2) is 9.99. The van der Waals surface area contributed by atoms with Gasteiger partial charge < -0.3 is 20.3 Å². The Balaban J connectivity index is 0.00000243. The summed E-state index contributed by atoms with van der Waals surface area (Å²) in [7, 11) is 0. The molecule has 1 heterocycles. The maximum absolute atomic E-state index is 11.8. The number of nitrogens with zero attached hydrogens (tertiary/aromatic N) is 2. The van der Waals surface area contributed by atoms with Gasteiger partial charge in [-0.25, -0.2) is 4.79 Å². The van der Waals surface area contributed by atoms with Gasteiger partial charge in [-0.05, 0) is 63.7 Å². The highest BCUT2D eigenvalue weighted by atomic mass is 127. The summed E-state index contributed by atoms with van der Waals surface area (Å²) in [6.45, 7) is 7.75. The summed E-state index contributed by atoms with van der Waals surface area (Å²) in [6, 6.07) is 0.377. The van der Waals surface area contributed by atoms with Crippen molar-refractivity contribution >= 4 is 36.0 Å². The third-order valence-corrected chi connectivity index (χ3v) is 6.05. The maximum atomic E-state index is 11.8. The van der Waals surface area contributed by atoms with Gasteiger partial charge in [0.25, 0.3) is 0 Å². The van der Waals surface area contributed by atoms with Crippen LogP contribution in [0.4, 0.5) is 4.79 Å². The van der Waals surface area contributed by atoms with Gasteiger partial charge in [0.1, 0.15) is 0 Å². The number of aliphatic imine (C=N–C) groups is 1. The van der Waals surface area contributed by atoms with Crippen LogP contribution in [-0.2, 0) is 4.74 Å². The molecule has 26 heavy (non-hydrogen) atoms. The normalized spacial score (nSPS) is 22.8. The molecule has 2 N–H and O–H groups in total. The van der Waals surface area contributed by atoms with Crippen molar-refractivity contribution in [1.82, 2.24) is 15.5 Å². The van der Waals surface area contributed by atoms with Crippen molar-refractivity contribution in [2.45, 2.75) is 64.8 Å². The molecule has 3 fully saturated rings. The van der Waals surface area contributed by atoms with Crippen LogP contribution in [0.5, 0.6) is 0 Å². The van der Waals surface area contributed by atoms with Gasteiger partial charge in [-0.15, -0.1) is 24.0 Å².